The van der Waals surface area contributed by atoms with E-state index in [0.29, 0.717) is 5.52 Å². The summed E-state index contributed by atoms with van der Waals surface area (Å²) in [6.07, 6.45) is 0. The van der Waals surface area contributed by atoms with Gasteiger partial charge in [0.15, 0.2) is 5.52 Å². The Bertz CT molecular complexity index is 965. The number of rotatable bonds is 4. The fourth-order valence-corrected chi connectivity index (χ4v) is 3.17. The zero-order valence-corrected chi connectivity index (χ0v) is 12.2. The number of benzene rings is 2. The number of hydrogen-bond donors (Lipinski definition) is 3. The van der Waals surface area contributed by atoms with E-state index in [1.165, 1.54) is 41.9 Å². The number of hydrogen-bond acceptors (Lipinski definition) is 7. The van der Waals surface area contributed by atoms with Gasteiger partial charge in [0.1, 0.15) is 10.4 Å². The summed E-state index contributed by atoms with van der Waals surface area (Å²) in [5.74, 6) is -0.696. The molecule has 118 valence electrons. The summed E-state index contributed by atoms with van der Waals surface area (Å²) in [5.41, 5.74) is 2.35. The van der Waals surface area contributed by atoms with Crippen molar-refractivity contribution in [2.75, 3.05) is 4.72 Å². The number of anilines is 1. The predicted octanol–water partition coefficient (Wildman–Crippen LogP) is 1.14. The number of carbonyl (C=O) groups excluding carboxylic acids is 1. The summed E-state index contributed by atoms with van der Waals surface area (Å²) in [4.78, 5) is 11.1. The lowest BCUT2D eigenvalue weighted by Gasteiger charge is -2.08. The van der Waals surface area contributed by atoms with Crippen LogP contribution >= 0.6 is 0 Å². The summed E-state index contributed by atoms with van der Waals surface area (Å²) >= 11 is 0. The van der Waals surface area contributed by atoms with Gasteiger partial charge in [-0.05, 0) is 46.7 Å². The average Bonchev–Trinajstić information content (AvgIpc) is 3.02. The van der Waals surface area contributed by atoms with Gasteiger partial charge < -0.3 is 0 Å². The highest BCUT2D eigenvalue weighted by Crippen LogP contribution is 2.22. The molecule has 1 aromatic heterocycles. The van der Waals surface area contributed by atoms with Gasteiger partial charge in [-0.3, -0.25) is 14.7 Å². The third kappa shape index (κ3) is 2.84. The molecule has 0 saturated heterocycles. The summed E-state index contributed by atoms with van der Waals surface area (Å²) in [6.45, 7) is 0. The Morgan fingerprint density at radius 3 is 2.52 bits per heavy atom. The molecule has 0 spiro atoms. The summed E-state index contributed by atoms with van der Waals surface area (Å²) in [6, 6.07) is 9.99. The Morgan fingerprint density at radius 1 is 1.09 bits per heavy atom. The second-order valence-corrected chi connectivity index (χ2v) is 6.16. The van der Waals surface area contributed by atoms with E-state index < -0.39 is 15.9 Å². The number of nitrogens with one attached hydrogen (secondary N) is 2. The molecule has 10 heteroatoms. The van der Waals surface area contributed by atoms with Crippen LogP contribution in [-0.2, 0) is 10.0 Å². The van der Waals surface area contributed by atoms with Gasteiger partial charge in [0.25, 0.3) is 15.9 Å². The lowest BCUT2D eigenvalue weighted by atomic mass is 10.2. The molecule has 9 nitrogen and oxygen atoms in total. The van der Waals surface area contributed by atoms with Crippen molar-refractivity contribution in [3.05, 3.63) is 48.0 Å². The molecule has 3 aromatic rings. The molecule has 0 aliphatic carbocycles. The van der Waals surface area contributed by atoms with Crippen molar-refractivity contribution in [3.8, 4) is 0 Å². The van der Waals surface area contributed by atoms with Gasteiger partial charge in [0.2, 0.25) is 0 Å². The Balaban J connectivity index is 1.92. The summed E-state index contributed by atoms with van der Waals surface area (Å²) in [7, 11) is -3.91. The van der Waals surface area contributed by atoms with Gasteiger partial charge in [-0.2, -0.15) is 0 Å². The molecule has 3 N–H and O–H groups in total. The van der Waals surface area contributed by atoms with E-state index in [0.717, 1.165) is 0 Å². The van der Waals surface area contributed by atoms with Crippen LogP contribution in [0.2, 0.25) is 0 Å². The molecule has 1 heterocycles. The Labute approximate surface area is 129 Å². The monoisotopic (exact) mass is 334 g/mol. The van der Waals surface area contributed by atoms with Crippen molar-refractivity contribution in [1.82, 2.24) is 15.8 Å². The Morgan fingerprint density at radius 2 is 1.83 bits per heavy atom. The SMILES string of the molecule is O=C(NO)c1ccc(NS(=O)(=O)c2cccc3nonc23)cc1. The molecular formula is C13H10N4O5S. The molecule has 0 atom stereocenters. The number of carbonyl (C=O) groups is 1. The zero-order valence-electron chi connectivity index (χ0n) is 11.4. The third-order valence-corrected chi connectivity index (χ3v) is 4.45. The number of hydroxylamine groups is 1. The first-order chi connectivity index (χ1) is 11.0. The molecular weight excluding hydrogens is 324 g/mol. The second kappa shape index (κ2) is 5.66. The van der Waals surface area contributed by atoms with Crippen molar-refractivity contribution < 1.29 is 23.0 Å². The molecule has 2 aromatic carbocycles. The van der Waals surface area contributed by atoms with E-state index in [-0.39, 0.29) is 21.7 Å². The Kier molecular flexibility index (Phi) is 3.68. The van der Waals surface area contributed by atoms with Gasteiger partial charge in [-0.1, -0.05) is 6.07 Å². The van der Waals surface area contributed by atoms with E-state index in [1.807, 2.05) is 0 Å². The highest BCUT2D eigenvalue weighted by atomic mass is 32.2. The van der Waals surface area contributed by atoms with Crippen molar-refractivity contribution in [1.29, 1.82) is 0 Å². The predicted molar refractivity (Wildman–Crippen MR) is 78.3 cm³/mol. The normalized spacial score (nSPS) is 11.3. The minimum atomic E-state index is -3.91. The number of fused-ring (bicyclic) bond motifs is 1. The van der Waals surface area contributed by atoms with E-state index in [9.17, 15) is 13.2 Å². The topological polar surface area (TPSA) is 134 Å². The van der Waals surface area contributed by atoms with E-state index in [2.05, 4.69) is 19.7 Å². The number of nitrogens with zero attached hydrogens (tertiary/aromatic N) is 2. The molecule has 0 bridgehead atoms. The first kappa shape index (κ1) is 14.9. The van der Waals surface area contributed by atoms with Crippen molar-refractivity contribution in [2.24, 2.45) is 0 Å². The molecule has 0 aliphatic heterocycles. The molecule has 0 radical (unpaired) electrons. The van der Waals surface area contributed by atoms with Crippen LogP contribution in [0.1, 0.15) is 10.4 Å². The third-order valence-electron chi connectivity index (χ3n) is 3.04. The van der Waals surface area contributed by atoms with Crippen molar-refractivity contribution in [2.45, 2.75) is 4.90 Å². The number of amides is 1. The maximum atomic E-state index is 12.4. The van der Waals surface area contributed by atoms with Crippen LogP contribution < -0.4 is 10.2 Å². The molecule has 0 fully saturated rings. The highest BCUT2D eigenvalue weighted by molar-refractivity contribution is 7.93. The first-order valence-corrected chi connectivity index (χ1v) is 7.78. The fraction of sp³-hybridized carbons (Fsp3) is 0. The minimum absolute atomic E-state index is 0.0755. The lowest BCUT2D eigenvalue weighted by molar-refractivity contribution is 0.0706. The quantitative estimate of drug-likeness (QED) is 0.481. The van der Waals surface area contributed by atoms with Crippen LogP contribution in [0, 0.1) is 0 Å². The van der Waals surface area contributed by atoms with E-state index in [4.69, 9.17) is 5.21 Å². The van der Waals surface area contributed by atoms with Crippen LogP contribution in [0.15, 0.2) is 52.0 Å². The lowest BCUT2D eigenvalue weighted by Crippen LogP contribution is -2.18. The molecule has 1 amide bonds. The van der Waals surface area contributed by atoms with Crippen molar-refractivity contribution in [3.63, 3.8) is 0 Å². The maximum absolute atomic E-state index is 12.4. The summed E-state index contributed by atoms with van der Waals surface area (Å²) in [5, 5.41) is 15.7. The molecule has 3 rings (SSSR count). The van der Waals surface area contributed by atoms with Gasteiger partial charge in [-0.25, -0.2) is 18.5 Å². The van der Waals surface area contributed by atoms with Crippen LogP contribution in [0.4, 0.5) is 5.69 Å². The first-order valence-electron chi connectivity index (χ1n) is 6.30. The zero-order chi connectivity index (χ0) is 16.4. The standard InChI is InChI=1S/C13H10N4O5S/c18-13(14-19)8-4-6-9(7-5-8)17-23(20,21)11-3-1-2-10-12(11)16-22-15-10/h1-7,17,19H,(H,14,18). The van der Waals surface area contributed by atoms with Gasteiger partial charge in [-0.15, -0.1) is 0 Å². The second-order valence-electron chi connectivity index (χ2n) is 4.51. The molecule has 0 unspecified atom stereocenters. The van der Waals surface area contributed by atoms with Crippen LogP contribution in [0.5, 0.6) is 0 Å². The average molecular weight is 334 g/mol. The number of sulfonamides is 1. The smallest absolute Gasteiger partial charge is 0.274 e. The largest absolute Gasteiger partial charge is 0.288 e. The van der Waals surface area contributed by atoms with Crippen molar-refractivity contribution >= 4 is 32.7 Å². The van der Waals surface area contributed by atoms with E-state index >= 15 is 0 Å². The van der Waals surface area contributed by atoms with Crippen LogP contribution in [0.3, 0.4) is 0 Å². The number of aromatic nitrogens is 2. The highest BCUT2D eigenvalue weighted by Gasteiger charge is 2.20. The van der Waals surface area contributed by atoms with Crippen LogP contribution in [-0.4, -0.2) is 29.8 Å². The van der Waals surface area contributed by atoms with Gasteiger partial charge in [0, 0.05) is 11.3 Å². The van der Waals surface area contributed by atoms with Crippen LogP contribution in [0.25, 0.3) is 11.0 Å². The fourth-order valence-electron chi connectivity index (χ4n) is 1.96. The van der Waals surface area contributed by atoms with Gasteiger partial charge in [0.05, 0.1) is 0 Å². The maximum Gasteiger partial charge on any atom is 0.274 e. The summed E-state index contributed by atoms with van der Waals surface area (Å²) < 4.78 is 31.8. The molecule has 23 heavy (non-hydrogen) atoms. The minimum Gasteiger partial charge on any atom is -0.288 e. The Hall–Kier alpha value is -2.98. The molecule has 0 saturated carbocycles. The van der Waals surface area contributed by atoms with Gasteiger partial charge >= 0.3 is 0 Å². The molecule has 0 aliphatic rings. The van der Waals surface area contributed by atoms with E-state index in [1.54, 1.807) is 6.07 Å².